The van der Waals surface area contributed by atoms with Crippen molar-refractivity contribution in [2.24, 2.45) is 10.8 Å². The molecular weight excluding hydrogens is 294 g/mol. The Morgan fingerprint density at radius 2 is 1.57 bits per heavy atom. The number of rotatable bonds is 2. The fourth-order valence-corrected chi connectivity index (χ4v) is 2.67. The van der Waals surface area contributed by atoms with Gasteiger partial charge in [-0.15, -0.1) is 0 Å². The van der Waals surface area contributed by atoms with Crippen LogP contribution in [-0.4, -0.2) is 4.92 Å². The highest BCUT2D eigenvalue weighted by Gasteiger charge is 2.82. The zero-order chi connectivity index (χ0) is 15.8. The average Bonchev–Trinajstić information content (AvgIpc) is 3.10. The molecule has 1 saturated carbocycles. The number of hydrogen-bond donors (Lipinski definition) is 0. The average molecular weight is 298 g/mol. The van der Waals surface area contributed by atoms with E-state index in [4.69, 9.17) is 11.6 Å². The molecule has 100 valence electrons. The van der Waals surface area contributed by atoms with Crippen molar-refractivity contribution in [3.8, 4) is 24.3 Å². The topological polar surface area (TPSA) is 138 Å². The molecular formula is C13H4ClN5O2. The molecule has 0 radical (unpaired) electrons. The number of nitro groups is 1. The first kappa shape index (κ1) is 14.3. The summed E-state index contributed by atoms with van der Waals surface area (Å²) in [5.74, 6) is -1.04. The zero-order valence-corrected chi connectivity index (χ0v) is 11.0. The number of nitro benzene ring substituents is 1. The van der Waals surface area contributed by atoms with Crippen LogP contribution in [0.2, 0.25) is 5.02 Å². The van der Waals surface area contributed by atoms with Crippen LogP contribution in [0.15, 0.2) is 18.2 Å². The van der Waals surface area contributed by atoms with Gasteiger partial charge in [0.25, 0.3) is 5.69 Å². The molecule has 21 heavy (non-hydrogen) atoms. The van der Waals surface area contributed by atoms with Crippen LogP contribution in [-0.2, 0) is 0 Å². The van der Waals surface area contributed by atoms with Gasteiger partial charge in [-0.2, -0.15) is 21.0 Å². The summed E-state index contributed by atoms with van der Waals surface area (Å²) in [6.07, 6.45) is 0. The van der Waals surface area contributed by atoms with Crippen LogP contribution in [0.3, 0.4) is 0 Å². The molecule has 1 fully saturated rings. The molecule has 0 aliphatic heterocycles. The number of benzene rings is 1. The highest BCUT2D eigenvalue weighted by atomic mass is 35.5. The summed E-state index contributed by atoms with van der Waals surface area (Å²) in [5, 5.41) is 47.5. The van der Waals surface area contributed by atoms with Crippen molar-refractivity contribution < 1.29 is 4.92 Å². The first-order chi connectivity index (χ1) is 9.94. The third-order valence-corrected chi connectivity index (χ3v) is 3.93. The lowest BCUT2D eigenvalue weighted by atomic mass is 9.98. The summed E-state index contributed by atoms with van der Waals surface area (Å²) in [5.41, 5.74) is -3.89. The maximum Gasteiger partial charge on any atom is 0.288 e. The molecule has 1 aliphatic rings. The predicted octanol–water partition coefficient (Wildman–Crippen LogP) is 2.41. The van der Waals surface area contributed by atoms with Crippen LogP contribution < -0.4 is 0 Å². The molecule has 0 atom stereocenters. The van der Waals surface area contributed by atoms with Gasteiger partial charge in [0.05, 0.1) is 35.1 Å². The van der Waals surface area contributed by atoms with Gasteiger partial charge < -0.3 is 0 Å². The van der Waals surface area contributed by atoms with Crippen molar-refractivity contribution in [3.05, 3.63) is 38.9 Å². The van der Waals surface area contributed by atoms with Gasteiger partial charge in [-0.3, -0.25) is 10.1 Å². The lowest BCUT2D eigenvalue weighted by Crippen LogP contribution is -2.05. The standard InChI is InChI=1S/C13H4ClN5O2/c14-9-2-1-8(3-10(9)19(20)21)11-12(4-15,5-16)13(11,6-17)7-18/h1-3,11H. The molecule has 1 aromatic rings. The summed E-state index contributed by atoms with van der Waals surface area (Å²) in [7, 11) is 0. The Morgan fingerprint density at radius 3 is 1.95 bits per heavy atom. The molecule has 0 aromatic heterocycles. The maximum atomic E-state index is 10.9. The minimum absolute atomic E-state index is 0.108. The zero-order valence-electron chi connectivity index (χ0n) is 10.2. The summed E-state index contributed by atoms with van der Waals surface area (Å²) in [4.78, 5) is 10.2. The molecule has 0 spiro atoms. The lowest BCUT2D eigenvalue weighted by Gasteiger charge is -2.01. The Hall–Kier alpha value is -3.13. The van der Waals surface area contributed by atoms with E-state index in [1.807, 2.05) is 0 Å². The third-order valence-electron chi connectivity index (χ3n) is 3.61. The van der Waals surface area contributed by atoms with Crippen LogP contribution in [0, 0.1) is 66.3 Å². The molecule has 0 unspecified atom stereocenters. The third kappa shape index (κ3) is 1.56. The minimum Gasteiger partial charge on any atom is -0.258 e. The van der Waals surface area contributed by atoms with Gasteiger partial charge in [0.1, 0.15) is 5.02 Å². The van der Waals surface area contributed by atoms with Crippen molar-refractivity contribution in [1.29, 1.82) is 21.0 Å². The van der Waals surface area contributed by atoms with Crippen molar-refractivity contribution in [1.82, 2.24) is 0 Å². The van der Waals surface area contributed by atoms with E-state index in [0.29, 0.717) is 0 Å². The highest BCUT2D eigenvalue weighted by molar-refractivity contribution is 6.32. The van der Waals surface area contributed by atoms with Gasteiger partial charge in [-0.1, -0.05) is 17.7 Å². The van der Waals surface area contributed by atoms with Crippen molar-refractivity contribution >= 4 is 17.3 Å². The fraction of sp³-hybridized carbons (Fsp3) is 0.231. The Kier molecular flexibility index (Phi) is 3.03. The monoisotopic (exact) mass is 297 g/mol. The minimum atomic E-state index is -1.84. The van der Waals surface area contributed by atoms with Crippen LogP contribution >= 0.6 is 11.6 Å². The molecule has 7 nitrogen and oxygen atoms in total. The number of nitriles is 4. The summed E-state index contributed by atoms with van der Waals surface area (Å²) < 4.78 is 0. The van der Waals surface area contributed by atoms with Gasteiger partial charge >= 0.3 is 0 Å². The fourth-order valence-electron chi connectivity index (χ4n) is 2.48. The largest absolute Gasteiger partial charge is 0.288 e. The van der Waals surface area contributed by atoms with Crippen LogP contribution in [0.1, 0.15) is 11.5 Å². The van der Waals surface area contributed by atoms with Gasteiger partial charge in [-0.25, -0.2) is 0 Å². The molecule has 1 aromatic carbocycles. The predicted molar refractivity (Wildman–Crippen MR) is 68.2 cm³/mol. The van der Waals surface area contributed by atoms with Crippen LogP contribution in [0.5, 0.6) is 0 Å². The Bertz CT molecular complexity index is 755. The molecule has 1 aliphatic carbocycles. The van der Waals surface area contributed by atoms with Gasteiger partial charge in [0.2, 0.25) is 0 Å². The SMILES string of the molecule is N#CC1(C#N)C(c2ccc(Cl)c([N+](=O)[O-])c2)C1(C#N)C#N. The molecule has 0 heterocycles. The molecule has 0 amide bonds. The first-order valence-corrected chi connectivity index (χ1v) is 5.90. The lowest BCUT2D eigenvalue weighted by molar-refractivity contribution is -0.384. The quantitative estimate of drug-likeness (QED) is 0.606. The highest BCUT2D eigenvalue weighted by Crippen LogP contribution is 2.73. The van der Waals surface area contributed by atoms with Gasteiger partial charge in [0.15, 0.2) is 10.8 Å². The van der Waals surface area contributed by atoms with E-state index in [2.05, 4.69) is 0 Å². The van der Waals surface area contributed by atoms with Gasteiger partial charge in [-0.05, 0) is 11.6 Å². The first-order valence-electron chi connectivity index (χ1n) is 5.53. The number of nitrogens with zero attached hydrogens (tertiary/aromatic N) is 5. The molecule has 8 heteroatoms. The van der Waals surface area contributed by atoms with Crippen LogP contribution in [0.4, 0.5) is 5.69 Å². The number of halogens is 1. The van der Waals surface area contributed by atoms with E-state index in [-0.39, 0.29) is 10.6 Å². The number of hydrogen-bond acceptors (Lipinski definition) is 6. The van der Waals surface area contributed by atoms with E-state index in [1.165, 1.54) is 12.1 Å². The molecule has 0 N–H and O–H groups in total. The van der Waals surface area contributed by atoms with Crippen LogP contribution in [0.25, 0.3) is 0 Å². The summed E-state index contributed by atoms with van der Waals surface area (Å²) in [6.45, 7) is 0. The second kappa shape index (κ2) is 4.46. The van der Waals surface area contributed by atoms with E-state index < -0.39 is 27.4 Å². The second-order valence-electron chi connectivity index (χ2n) is 4.46. The van der Waals surface area contributed by atoms with E-state index in [1.54, 1.807) is 24.3 Å². The smallest absolute Gasteiger partial charge is 0.258 e. The molecule has 0 saturated heterocycles. The van der Waals surface area contributed by atoms with E-state index in [9.17, 15) is 31.2 Å². The summed E-state index contributed by atoms with van der Waals surface area (Å²) >= 11 is 5.69. The van der Waals surface area contributed by atoms with Crippen molar-refractivity contribution in [2.45, 2.75) is 5.92 Å². The summed E-state index contributed by atoms with van der Waals surface area (Å²) in [6, 6.07) is 10.5. The Labute approximate surface area is 124 Å². The van der Waals surface area contributed by atoms with Crippen molar-refractivity contribution in [3.63, 3.8) is 0 Å². The van der Waals surface area contributed by atoms with E-state index >= 15 is 0 Å². The molecule has 0 bridgehead atoms. The maximum absolute atomic E-state index is 10.9. The van der Waals surface area contributed by atoms with Crippen molar-refractivity contribution in [2.75, 3.05) is 0 Å². The second-order valence-corrected chi connectivity index (χ2v) is 4.87. The van der Waals surface area contributed by atoms with E-state index in [0.717, 1.165) is 6.07 Å². The Morgan fingerprint density at radius 1 is 1.10 bits per heavy atom. The normalized spacial score (nSPS) is 17.6. The van der Waals surface area contributed by atoms with Gasteiger partial charge in [0, 0.05) is 6.07 Å². The Balaban J connectivity index is 2.65. The molecule has 2 rings (SSSR count).